The molecule has 3 aromatic heterocycles. The minimum absolute atomic E-state index is 0.0132. The first-order valence-corrected chi connectivity index (χ1v) is 10.1. The summed E-state index contributed by atoms with van der Waals surface area (Å²) in [5.74, 6) is 1.05. The summed E-state index contributed by atoms with van der Waals surface area (Å²) in [5.41, 5.74) is 1.69. The Morgan fingerprint density at radius 3 is 2.91 bits per heavy atom. The second kappa shape index (κ2) is 7.59. The Bertz CT molecular complexity index is 1330. The first-order valence-electron chi connectivity index (χ1n) is 11.6. The molecule has 3 N–H and O–H groups in total. The van der Waals surface area contributed by atoms with Crippen LogP contribution in [0.2, 0.25) is 0 Å². The van der Waals surface area contributed by atoms with Crippen molar-refractivity contribution in [2.24, 2.45) is 5.92 Å². The highest BCUT2D eigenvalue weighted by molar-refractivity contribution is 6.01. The molecule has 0 spiro atoms. The van der Waals surface area contributed by atoms with E-state index in [2.05, 4.69) is 30.7 Å². The molecule has 164 valence electrons. The number of carbonyl (C=O) groups is 2. The molecule has 4 heterocycles. The quantitative estimate of drug-likeness (QED) is 0.552. The molecule has 1 aliphatic carbocycles. The maximum atomic E-state index is 12.8. The molecule has 2 aliphatic rings. The average molecular weight is 436 g/mol. The summed E-state index contributed by atoms with van der Waals surface area (Å²) in [6.45, 7) is -0.381. The molecular weight excluding hydrogens is 410 g/mol. The highest BCUT2D eigenvalue weighted by Crippen LogP contribution is 2.37. The first-order chi connectivity index (χ1) is 16.6. The maximum Gasteiger partial charge on any atom is 0.254 e. The van der Waals surface area contributed by atoms with Crippen LogP contribution >= 0.6 is 0 Å². The molecule has 5 rings (SSSR count). The van der Waals surface area contributed by atoms with Gasteiger partial charge in [0.25, 0.3) is 5.91 Å². The van der Waals surface area contributed by atoms with Crippen molar-refractivity contribution < 1.29 is 13.7 Å². The summed E-state index contributed by atoms with van der Waals surface area (Å²) in [5, 5.41) is 12.3. The van der Waals surface area contributed by atoms with Crippen molar-refractivity contribution in [2.75, 3.05) is 29.6 Å². The van der Waals surface area contributed by atoms with Gasteiger partial charge in [-0.05, 0) is 25.8 Å². The number of nitrogens with one attached hydrogen (secondary N) is 3. The fourth-order valence-electron chi connectivity index (χ4n) is 3.70. The van der Waals surface area contributed by atoms with Gasteiger partial charge in [0.2, 0.25) is 5.91 Å². The second-order valence-electron chi connectivity index (χ2n) is 7.83. The summed E-state index contributed by atoms with van der Waals surface area (Å²) in [4.78, 5) is 40.0. The lowest BCUT2D eigenvalue weighted by Gasteiger charge is -2.29. The molecule has 2 amide bonds. The SMILES string of the molecule is [2H]C([2H])([2H])NC(=O)c1cnc(NC(=O)C2CC2)cc1Nc1nccc2c1N(C)Cc1nc(C)nn1-2. The minimum Gasteiger partial charge on any atom is -0.362 e. The Balaban J connectivity index is 1.54. The van der Waals surface area contributed by atoms with Gasteiger partial charge in [0.05, 0.1) is 23.5 Å². The van der Waals surface area contributed by atoms with Gasteiger partial charge in [-0.3, -0.25) is 9.59 Å². The van der Waals surface area contributed by atoms with Crippen LogP contribution in [-0.4, -0.2) is 50.6 Å². The number of pyridine rings is 2. The smallest absolute Gasteiger partial charge is 0.254 e. The third-order valence-electron chi connectivity index (χ3n) is 5.39. The van der Waals surface area contributed by atoms with Gasteiger partial charge >= 0.3 is 0 Å². The Labute approximate surface area is 188 Å². The van der Waals surface area contributed by atoms with Crippen molar-refractivity contribution in [3.05, 3.63) is 41.7 Å². The van der Waals surface area contributed by atoms with Crippen LogP contribution in [0.15, 0.2) is 24.5 Å². The van der Waals surface area contributed by atoms with E-state index in [0.717, 1.165) is 24.4 Å². The summed E-state index contributed by atoms with van der Waals surface area (Å²) in [6.07, 6.45) is 4.47. The number of nitrogens with zero attached hydrogens (tertiary/aromatic N) is 6. The Hall–Kier alpha value is -4.02. The van der Waals surface area contributed by atoms with Gasteiger partial charge in [0, 0.05) is 42.5 Å². The zero-order valence-electron chi connectivity index (χ0n) is 20.5. The maximum absolute atomic E-state index is 12.8. The van der Waals surface area contributed by atoms with E-state index in [9.17, 15) is 9.59 Å². The van der Waals surface area contributed by atoms with E-state index in [4.69, 9.17) is 4.11 Å². The van der Waals surface area contributed by atoms with Gasteiger partial charge in [-0.15, -0.1) is 0 Å². The predicted octanol–water partition coefficient (Wildman–Crippen LogP) is 1.77. The van der Waals surface area contributed by atoms with Crippen LogP contribution in [0.1, 0.15) is 39.0 Å². The Morgan fingerprint density at radius 1 is 1.28 bits per heavy atom. The molecule has 0 unspecified atom stereocenters. The van der Waals surface area contributed by atoms with E-state index in [1.54, 1.807) is 10.9 Å². The fraction of sp³-hybridized carbons (Fsp3) is 0.333. The number of fused-ring (bicyclic) bond motifs is 3. The van der Waals surface area contributed by atoms with Crippen molar-refractivity contribution in [2.45, 2.75) is 26.3 Å². The normalized spacial score (nSPS) is 16.2. The molecule has 1 aliphatic heterocycles. The molecule has 1 saturated carbocycles. The highest BCUT2D eigenvalue weighted by atomic mass is 16.2. The monoisotopic (exact) mass is 436 g/mol. The minimum atomic E-state index is -2.68. The van der Waals surface area contributed by atoms with E-state index in [-0.39, 0.29) is 28.9 Å². The van der Waals surface area contributed by atoms with Gasteiger partial charge in [0.1, 0.15) is 17.3 Å². The number of hydrogen-bond acceptors (Lipinski definition) is 8. The molecule has 0 aromatic carbocycles. The number of hydrogen-bond donors (Lipinski definition) is 3. The number of rotatable bonds is 5. The van der Waals surface area contributed by atoms with E-state index >= 15 is 0 Å². The van der Waals surface area contributed by atoms with E-state index < -0.39 is 12.9 Å². The molecule has 0 atom stereocenters. The Kier molecular flexibility index (Phi) is 3.95. The lowest BCUT2D eigenvalue weighted by molar-refractivity contribution is -0.117. The highest BCUT2D eigenvalue weighted by Gasteiger charge is 2.30. The van der Waals surface area contributed by atoms with Crippen molar-refractivity contribution in [3.8, 4) is 5.69 Å². The largest absolute Gasteiger partial charge is 0.362 e. The Morgan fingerprint density at radius 2 is 2.12 bits per heavy atom. The summed E-state index contributed by atoms with van der Waals surface area (Å²) < 4.78 is 23.9. The third-order valence-corrected chi connectivity index (χ3v) is 5.39. The summed E-state index contributed by atoms with van der Waals surface area (Å²) >= 11 is 0. The number of aryl methyl sites for hydroxylation is 1. The van der Waals surface area contributed by atoms with Gasteiger partial charge < -0.3 is 20.9 Å². The molecular formula is C21H23N9O2. The summed E-state index contributed by atoms with van der Waals surface area (Å²) in [6, 6.07) is 3.30. The number of carbonyl (C=O) groups excluding carboxylic acids is 2. The molecule has 1 fully saturated rings. The molecule has 11 nitrogen and oxygen atoms in total. The molecule has 0 radical (unpaired) electrons. The number of amides is 2. The van der Waals surface area contributed by atoms with Crippen LogP contribution in [0.4, 0.5) is 23.0 Å². The fourth-order valence-corrected chi connectivity index (χ4v) is 3.70. The van der Waals surface area contributed by atoms with Crippen LogP contribution in [0.5, 0.6) is 0 Å². The van der Waals surface area contributed by atoms with Crippen LogP contribution in [0, 0.1) is 12.8 Å². The number of aromatic nitrogens is 5. The predicted molar refractivity (Wildman–Crippen MR) is 118 cm³/mol. The van der Waals surface area contributed by atoms with Crippen molar-refractivity contribution >= 4 is 34.8 Å². The van der Waals surface area contributed by atoms with E-state index in [1.165, 1.54) is 12.3 Å². The summed E-state index contributed by atoms with van der Waals surface area (Å²) in [7, 11) is 1.88. The molecule has 11 heteroatoms. The molecule has 0 saturated heterocycles. The average Bonchev–Trinajstić information content (AvgIpc) is 3.55. The zero-order chi connectivity index (χ0) is 24.9. The van der Waals surface area contributed by atoms with E-state index in [1.807, 2.05) is 30.3 Å². The lowest BCUT2D eigenvalue weighted by atomic mass is 10.2. The van der Waals surface area contributed by atoms with Gasteiger partial charge in [-0.25, -0.2) is 19.6 Å². The van der Waals surface area contributed by atoms with Gasteiger partial charge in [0.15, 0.2) is 11.6 Å². The van der Waals surface area contributed by atoms with Crippen LogP contribution in [-0.2, 0) is 11.3 Å². The molecule has 0 bridgehead atoms. The lowest BCUT2D eigenvalue weighted by Crippen LogP contribution is -2.27. The van der Waals surface area contributed by atoms with Crippen molar-refractivity contribution in [1.82, 2.24) is 30.0 Å². The zero-order valence-corrected chi connectivity index (χ0v) is 17.5. The van der Waals surface area contributed by atoms with E-state index in [0.29, 0.717) is 23.9 Å². The first kappa shape index (κ1) is 16.6. The standard InChI is InChI=1S/C21H23N9O2/c1-11-25-17-10-29(3)18-15(30(17)28-11)6-7-23-19(18)26-14-8-16(27-20(31)12-4-5-12)24-9-13(14)21(32)22-2/h6-9,12H,4-5,10H2,1-3H3,(H,22,32)(H2,23,24,26,27,31)/i2D3. The van der Waals surface area contributed by atoms with Crippen LogP contribution < -0.4 is 20.9 Å². The van der Waals surface area contributed by atoms with Crippen molar-refractivity contribution in [1.29, 1.82) is 0 Å². The molecule has 3 aromatic rings. The third kappa shape index (κ3) is 3.51. The topological polar surface area (TPSA) is 130 Å². The van der Waals surface area contributed by atoms with Gasteiger partial charge in [-0.2, -0.15) is 5.10 Å². The van der Waals surface area contributed by atoms with Crippen molar-refractivity contribution in [3.63, 3.8) is 0 Å². The number of anilines is 4. The second-order valence-corrected chi connectivity index (χ2v) is 7.83. The molecule has 32 heavy (non-hydrogen) atoms. The van der Waals surface area contributed by atoms with Gasteiger partial charge in [-0.1, -0.05) is 0 Å². The van der Waals surface area contributed by atoms with Crippen LogP contribution in [0.3, 0.4) is 0 Å². The van der Waals surface area contributed by atoms with Crippen LogP contribution in [0.25, 0.3) is 5.69 Å².